The van der Waals surface area contributed by atoms with Gasteiger partial charge in [-0.05, 0) is 36.5 Å². The van der Waals surface area contributed by atoms with Gasteiger partial charge in [-0.25, -0.2) is 4.79 Å². The summed E-state index contributed by atoms with van der Waals surface area (Å²) in [6, 6.07) is 6.00. The number of carbonyl (C=O) groups is 1. The van der Waals surface area contributed by atoms with Gasteiger partial charge in [0.15, 0.2) is 0 Å². The van der Waals surface area contributed by atoms with Crippen molar-refractivity contribution in [3.05, 3.63) is 29.3 Å². The van der Waals surface area contributed by atoms with Crippen LogP contribution >= 0.6 is 0 Å². The summed E-state index contributed by atoms with van der Waals surface area (Å²) in [7, 11) is 1.81. The molecule has 0 aromatic heterocycles. The van der Waals surface area contributed by atoms with Crippen molar-refractivity contribution in [3.8, 4) is 0 Å². The molecule has 2 aliphatic rings. The Kier molecular flexibility index (Phi) is 3.19. The van der Waals surface area contributed by atoms with Crippen LogP contribution < -0.4 is 4.90 Å². The molecular formula is C16H18N2O2. The first-order valence-electron chi connectivity index (χ1n) is 7.16. The summed E-state index contributed by atoms with van der Waals surface area (Å²) < 4.78 is 0. The average molecular weight is 270 g/mol. The highest BCUT2D eigenvalue weighted by Crippen LogP contribution is 2.46. The zero-order valence-electron chi connectivity index (χ0n) is 11.7. The minimum absolute atomic E-state index is 0.147. The van der Waals surface area contributed by atoms with Gasteiger partial charge in [0.05, 0.1) is 5.54 Å². The lowest BCUT2D eigenvalue weighted by molar-refractivity contribution is -0.118. The Labute approximate surface area is 118 Å². The molecule has 0 bridgehead atoms. The van der Waals surface area contributed by atoms with Crippen molar-refractivity contribution in [2.45, 2.75) is 44.1 Å². The molecule has 1 fully saturated rings. The number of anilines is 1. The SMILES string of the molecule is CN1C(=O)CCc2c1cccc2C1(N=C=O)CCCC1. The lowest BCUT2D eigenvalue weighted by Gasteiger charge is -2.32. The smallest absolute Gasteiger partial charge is 0.235 e. The van der Waals surface area contributed by atoms with Crippen molar-refractivity contribution in [2.24, 2.45) is 4.99 Å². The molecular weight excluding hydrogens is 252 g/mol. The highest BCUT2D eigenvalue weighted by atomic mass is 16.2. The van der Waals surface area contributed by atoms with Crippen molar-refractivity contribution >= 4 is 17.7 Å². The van der Waals surface area contributed by atoms with Crippen molar-refractivity contribution in [1.82, 2.24) is 0 Å². The quantitative estimate of drug-likeness (QED) is 0.613. The normalized spacial score (nSPS) is 20.4. The molecule has 0 N–H and O–H groups in total. The van der Waals surface area contributed by atoms with E-state index < -0.39 is 5.54 Å². The van der Waals surface area contributed by atoms with E-state index in [2.05, 4.69) is 11.1 Å². The van der Waals surface area contributed by atoms with E-state index in [-0.39, 0.29) is 5.91 Å². The molecule has 1 heterocycles. The van der Waals surface area contributed by atoms with Crippen LogP contribution in [-0.4, -0.2) is 19.0 Å². The van der Waals surface area contributed by atoms with Gasteiger partial charge >= 0.3 is 0 Å². The predicted molar refractivity (Wildman–Crippen MR) is 76.4 cm³/mol. The number of aliphatic imine (C=N–C) groups is 1. The van der Waals surface area contributed by atoms with Gasteiger partial charge in [-0.3, -0.25) is 4.79 Å². The van der Waals surface area contributed by atoms with Gasteiger partial charge in [-0.2, -0.15) is 4.99 Å². The van der Waals surface area contributed by atoms with Gasteiger partial charge in [-0.15, -0.1) is 0 Å². The lowest BCUT2D eigenvalue weighted by Crippen LogP contribution is -2.33. The second kappa shape index (κ2) is 4.88. The molecule has 0 unspecified atom stereocenters. The number of benzene rings is 1. The summed E-state index contributed by atoms with van der Waals surface area (Å²) in [5, 5.41) is 0. The van der Waals surface area contributed by atoms with Gasteiger partial charge in [0.25, 0.3) is 0 Å². The second-order valence-electron chi connectivity index (χ2n) is 5.70. The highest BCUT2D eigenvalue weighted by Gasteiger charge is 2.39. The molecule has 1 aromatic rings. The second-order valence-corrected chi connectivity index (χ2v) is 5.70. The summed E-state index contributed by atoms with van der Waals surface area (Å²) in [4.78, 5) is 28.6. The van der Waals surface area contributed by atoms with Gasteiger partial charge in [0, 0.05) is 19.2 Å². The highest BCUT2D eigenvalue weighted by molar-refractivity contribution is 5.96. The monoisotopic (exact) mass is 270 g/mol. The van der Waals surface area contributed by atoms with Crippen LogP contribution in [0.3, 0.4) is 0 Å². The number of amides is 1. The Hall–Kier alpha value is -1.93. The zero-order chi connectivity index (χ0) is 14.2. The summed E-state index contributed by atoms with van der Waals surface area (Å²) >= 11 is 0. The third-order valence-electron chi connectivity index (χ3n) is 4.67. The summed E-state index contributed by atoms with van der Waals surface area (Å²) in [6.07, 6.45) is 7.01. The molecule has 1 amide bonds. The molecule has 104 valence electrons. The van der Waals surface area contributed by atoms with Crippen LogP contribution in [0, 0.1) is 0 Å². The summed E-state index contributed by atoms with van der Waals surface area (Å²) in [6.45, 7) is 0. The molecule has 1 saturated carbocycles. The maximum atomic E-state index is 11.8. The van der Waals surface area contributed by atoms with E-state index in [1.807, 2.05) is 19.2 Å². The Morgan fingerprint density at radius 1 is 1.25 bits per heavy atom. The number of carbonyl (C=O) groups excluding carboxylic acids is 2. The Morgan fingerprint density at radius 3 is 2.70 bits per heavy atom. The van der Waals surface area contributed by atoms with E-state index in [1.54, 1.807) is 11.0 Å². The van der Waals surface area contributed by atoms with Crippen LogP contribution in [0.15, 0.2) is 23.2 Å². The van der Waals surface area contributed by atoms with Crippen molar-refractivity contribution in [2.75, 3.05) is 11.9 Å². The van der Waals surface area contributed by atoms with E-state index in [0.29, 0.717) is 6.42 Å². The van der Waals surface area contributed by atoms with Crippen LogP contribution in [0.2, 0.25) is 0 Å². The number of fused-ring (bicyclic) bond motifs is 1. The average Bonchev–Trinajstić information content (AvgIpc) is 2.92. The van der Waals surface area contributed by atoms with Crippen LogP contribution in [0.1, 0.15) is 43.2 Å². The number of hydrogen-bond acceptors (Lipinski definition) is 3. The number of hydrogen-bond donors (Lipinski definition) is 0. The molecule has 1 aliphatic carbocycles. The maximum Gasteiger partial charge on any atom is 0.235 e. The van der Waals surface area contributed by atoms with Crippen LogP contribution in [0.25, 0.3) is 0 Å². The summed E-state index contributed by atoms with van der Waals surface area (Å²) in [5.41, 5.74) is 2.85. The first-order chi connectivity index (χ1) is 9.68. The van der Waals surface area contributed by atoms with E-state index >= 15 is 0 Å². The fourth-order valence-corrected chi connectivity index (χ4v) is 3.61. The Morgan fingerprint density at radius 2 is 2.00 bits per heavy atom. The van der Waals surface area contributed by atoms with Gasteiger partial charge < -0.3 is 4.90 Å². The third kappa shape index (κ3) is 1.88. The molecule has 3 rings (SSSR count). The lowest BCUT2D eigenvalue weighted by atomic mass is 9.82. The first kappa shape index (κ1) is 13.1. The summed E-state index contributed by atoms with van der Waals surface area (Å²) in [5.74, 6) is 0.147. The first-order valence-corrected chi connectivity index (χ1v) is 7.16. The van der Waals surface area contributed by atoms with E-state index in [0.717, 1.165) is 43.4 Å². The predicted octanol–water partition coefficient (Wildman–Crippen LogP) is 2.70. The van der Waals surface area contributed by atoms with Gasteiger partial charge in [-0.1, -0.05) is 25.0 Å². The minimum atomic E-state index is -0.408. The number of rotatable bonds is 2. The van der Waals surface area contributed by atoms with Crippen LogP contribution in [0.5, 0.6) is 0 Å². The minimum Gasteiger partial charge on any atom is -0.315 e. The van der Waals surface area contributed by atoms with Gasteiger partial charge in [0.1, 0.15) is 0 Å². The molecule has 1 aromatic carbocycles. The van der Waals surface area contributed by atoms with Crippen LogP contribution in [-0.2, 0) is 21.5 Å². The number of isocyanates is 1. The fourth-order valence-electron chi connectivity index (χ4n) is 3.61. The van der Waals surface area contributed by atoms with Crippen molar-refractivity contribution in [1.29, 1.82) is 0 Å². The Bertz CT molecular complexity index is 596. The van der Waals surface area contributed by atoms with E-state index in [1.165, 1.54) is 5.56 Å². The Balaban J connectivity index is 2.15. The van der Waals surface area contributed by atoms with Crippen LogP contribution in [0.4, 0.5) is 5.69 Å². The number of nitrogens with zero attached hydrogens (tertiary/aromatic N) is 2. The molecule has 0 atom stereocenters. The standard InChI is InChI=1S/C16H18N2O2/c1-18-14-6-4-5-13(12(14)7-8-15(18)20)16(17-11-19)9-2-3-10-16/h4-6H,2-3,7-10H2,1H3. The van der Waals surface area contributed by atoms with E-state index in [9.17, 15) is 9.59 Å². The molecule has 4 nitrogen and oxygen atoms in total. The molecule has 0 radical (unpaired) electrons. The van der Waals surface area contributed by atoms with Crippen molar-refractivity contribution < 1.29 is 9.59 Å². The third-order valence-corrected chi connectivity index (χ3v) is 4.67. The largest absolute Gasteiger partial charge is 0.315 e. The molecule has 1 aliphatic heterocycles. The molecule has 0 spiro atoms. The van der Waals surface area contributed by atoms with Crippen molar-refractivity contribution in [3.63, 3.8) is 0 Å². The molecule has 20 heavy (non-hydrogen) atoms. The maximum absolute atomic E-state index is 11.8. The molecule has 0 saturated heterocycles. The zero-order valence-corrected chi connectivity index (χ0v) is 11.7. The molecule has 4 heteroatoms. The van der Waals surface area contributed by atoms with E-state index in [4.69, 9.17) is 0 Å². The van der Waals surface area contributed by atoms with Gasteiger partial charge in [0.2, 0.25) is 12.0 Å². The fraction of sp³-hybridized carbons (Fsp3) is 0.500. The topological polar surface area (TPSA) is 49.7 Å².